The van der Waals surface area contributed by atoms with Crippen molar-refractivity contribution in [3.05, 3.63) is 12.7 Å². The fourth-order valence-electron chi connectivity index (χ4n) is 2.88. The van der Waals surface area contributed by atoms with E-state index in [1.807, 2.05) is 0 Å². The molecule has 84 valence electrons. The Labute approximate surface area is 87.7 Å². The molecule has 0 aliphatic heterocycles. The number of rotatable bonds is 3. The van der Waals surface area contributed by atoms with Crippen LogP contribution in [0, 0.1) is 11.3 Å². The Morgan fingerprint density at radius 1 is 1.47 bits per heavy atom. The third kappa shape index (κ3) is 1.38. The predicted octanol–water partition coefficient (Wildman–Crippen LogP) is 2.11. The van der Waals surface area contributed by atoms with Gasteiger partial charge >= 0.3 is 0 Å². The molecule has 0 radical (unpaired) electrons. The normalized spacial score (nSPS) is 30.1. The molecule has 0 aromatic rings. The lowest BCUT2D eigenvalue weighted by atomic mass is 10.0. The highest BCUT2D eigenvalue weighted by atomic mass is 19.3. The van der Waals surface area contributed by atoms with Crippen LogP contribution in [0.1, 0.15) is 25.7 Å². The highest BCUT2D eigenvalue weighted by Crippen LogP contribution is 2.72. The van der Waals surface area contributed by atoms with Gasteiger partial charge in [-0.1, -0.05) is 19.4 Å². The summed E-state index contributed by atoms with van der Waals surface area (Å²) in [7, 11) is 0. The van der Waals surface area contributed by atoms with Crippen LogP contribution in [-0.4, -0.2) is 18.4 Å². The molecule has 2 aliphatic carbocycles. The summed E-state index contributed by atoms with van der Waals surface area (Å²) in [5.74, 6) is -3.60. The summed E-state index contributed by atoms with van der Waals surface area (Å²) < 4.78 is 27.1. The van der Waals surface area contributed by atoms with Crippen LogP contribution < -0.4 is 5.32 Å². The summed E-state index contributed by atoms with van der Waals surface area (Å²) in [5, 5.41) is 2.46. The highest BCUT2D eigenvalue weighted by Gasteiger charge is 2.79. The van der Waals surface area contributed by atoms with Crippen LogP contribution >= 0.6 is 0 Å². The minimum atomic E-state index is -2.57. The van der Waals surface area contributed by atoms with Crippen LogP contribution in [0.25, 0.3) is 0 Å². The van der Waals surface area contributed by atoms with Gasteiger partial charge < -0.3 is 5.32 Å². The summed E-state index contributed by atoms with van der Waals surface area (Å²) in [5.41, 5.74) is -0.790. The number of amides is 1. The predicted molar refractivity (Wildman–Crippen MR) is 52.5 cm³/mol. The first-order chi connectivity index (χ1) is 7.04. The smallest absolute Gasteiger partial charge is 0.259 e. The lowest BCUT2D eigenvalue weighted by Gasteiger charge is -2.05. The van der Waals surface area contributed by atoms with Crippen molar-refractivity contribution in [3.8, 4) is 0 Å². The summed E-state index contributed by atoms with van der Waals surface area (Å²) in [6, 6.07) is 0. The quantitative estimate of drug-likeness (QED) is 0.718. The van der Waals surface area contributed by atoms with Crippen LogP contribution in [0.15, 0.2) is 12.7 Å². The molecule has 15 heavy (non-hydrogen) atoms. The largest absolute Gasteiger partial charge is 0.352 e. The molecule has 0 aromatic carbocycles. The van der Waals surface area contributed by atoms with E-state index in [1.54, 1.807) is 0 Å². The monoisotopic (exact) mass is 215 g/mol. The Bertz CT molecular complexity index is 295. The van der Waals surface area contributed by atoms with E-state index in [0.29, 0.717) is 12.8 Å². The zero-order valence-electron chi connectivity index (χ0n) is 8.56. The Hall–Kier alpha value is -0.930. The number of nitrogens with one attached hydrogen (secondary N) is 1. The molecule has 0 heterocycles. The summed E-state index contributed by atoms with van der Waals surface area (Å²) >= 11 is 0. The van der Waals surface area contributed by atoms with Gasteiger partial charge in [-0.3, -0.25) is 4.79 Å². The molecule has 1 N–H and O–H groups in total. The first-order valence-electron chi connectivity index (χ1n) is 5.33. The van der Waals surface area contributed by atoms with Gasteiger partial charge in [-0.2, -0.15) is 0 Å². The minimum Gasteiger partial charge on any atom is -0.352 e. The summed E-state index contributed by atoms with van der Waals surface area (Å²) in [4.78, 5) is 10.9. The minimum absolute atomic E-state index is 0.0812. The lowest BCUT2D eigenvalue weighted by Crippen LogP contribution is -2.25. The van der Waals surface area contributed by atoms with E-state index >= 15 is 0 Å². The average Bonchev–Trinajstić information content (AvgIpc) is 2.61. The molecule has 0 aromatic heterocycles. The van der Waals surface area contributed by atoms with Crippen molar-refractivity contribution in [2.75, 3.05) is 6.54 Å². The first-order valence-corrected chi connectivity index (χ1v) is 5.33. The van der Waals surface area contributed by atoms with Gasteiger partial charge in [0.2, 0.25) is 5.91 Å². The van der Waals surface area contributed by atoms with Gasteiger partial charge in [-0.15, -0.1) is 0 Å². The SMILES string of the molecule is C=CC(=O)NCC1C(F)(F)C12CCCC2. The van der Waals surface area contributed by atoms with E-state index in [0.717, 1.165) is 18.9 Å². The Balaban J connectivity index is 1.94. The first kappa shape index (κ1) is 10.6. The Morgan fingerprint density at radius 3 is 2.60 bits per heavy atom. The molecule has 2 saturated carbocycles. The zero-order valence-corrected chi connectivity index (χ0v) is 8.56. The second-order valence-corrected chi connectivity index (χ2v) is 4.49. The maximum Gasteiger partial charge on any atom is 0.259 e. The van der Waals surface area contributed by atoms with E-state index in [1.165, 1.54) is 0 Å². The van der Waals surface area contributed by atoms with E-state index < -0.39 is 17.3 Å². The average molecular weight is 215 g/mol. The van der Waals surface area contributed by atoms with Crippen molar-refractivity contribution in [1.29, 1.82) is 0 Å². The van der Waals surface area contributed by atoms with Crippen molar-refractivity contribution >= 4 is 5.91 Å². The summed E-state index contributed by atoms with van der Waals surface area (Å²) in [6.45, 7) is 3.37. The molecule has 1 amide bonds. The highest BCUT2D eigenvalue weighted by molar-refractivity contribution is 5.86. The number of halogens is 2. The number of carbonyl (C=O) groups is 1. The van der Waals surface area contributed by atoms with Gasteiger partial charge in [0.15, 0.2) is 0 Å². The van der Waals surface area contributed by atoms with Crippen LogP contribution in [-0.2, 0) is 4.79 Å². The van der Waals surface area contributed by atoms with Crippen molar-refractivity contribution in [1.82, 2.24) is 5.32 Å². The zero-order chi connectivity index (χ0) is 11.1. The molecular formula is C11H15F2NO. The fourth-order valence-corrected chi connectivity index (χ4v) is 2.88. The maximum atomic E-state index is 13.5. The van der Waals surface area contributed by atoms with Crippen molar-refractivity contribution in [3.63, 3.8) is 0 Å². The third-order valence-electron chi connectivity index (χ3n) is 3.85. The topological polar surface area (TPSA) is 29.1 Å². The van der Waals surface area contributed by atoms with Gasteiger partial charge in [-0.25, -0.2) is 8.78 Å². The van der Waals surface area contributed by atoms with E-state index in [-0.39, 0.29) is 12.5 Å². The van der Waals surface area contributed by atoms with Crippen LogP contribution in [0.3, 0.4) is 0 Å². The number of hydrogen-bond donors (Lipinski definition) is 1. The van der Waals surface area contributed by atoms with Crippen LogP contribution in [0.5, 0.6) is 0 Å². The maximum absolute atomic E-state index is 13.5. The number of alkyl halides is 2. The second kappa shape index (κ2) is 3.29. The van der Waals surface area contributed by atoms with Gasteiger partial charge in [0, 0.05) is 12.0 Å². The molecule has 2 aliphatic rings. The molecule has 0 bridgehead atoms. The molecule has 2 fully saturated rings. The molecule has 4 heteroatoms. The van der Waals surface area contributed by atoms with Gasteiger partial charge in [0.1, 0.15) is 0 Å². The van der Waals surface area contributed by atoms with Crippen molar-refractivity contribution in [2.45, 2.75) is 31.6 Å². The second-order valence-electron chi connectivity index (χ2n) is 4.49. The lowest BCUT2D eigenvalue weighted by molar-refractivity contribution is -0.116. The molecule has 1 spiro atoms. The Morgan fingerprint density at radius 2 is 2.07 bits per heavy atom. The number of carbonyl (C=O) groups excluding carboxylic acids is 1. The molecule has 1 atom stereocenters. The molecule has 2 nitrogen and oxygen atoms in total. The molecule has 2 rings (SSSR count). The van der Waals surface area contributed by atoms with Crippen LogP contribution in [0.2, 0.25) is 0 Å². The Kier molecular flexibility index (Phi) is 2.32. The van der Waals surface area contributed by atoms with E-state index in [4.69, 9.17) is 0 Å². The third-order valence-corrected chi connectivity index (χ3v) is 3.85. The summed E-state index contributed by atoms with van der Waals surface area (Å²) in [6.07, 6.45) is 4.11. The standard InChI is InChI=1S/C11H15F2NO/c1-2-9(15)14-7-8-10(11(8,12)13)5-3-4-6-10/h2,8H,1,3-7H2,(H,14,15). The van der Waals surface area contributed by atoms with Crippen molar-refractivity contribution < 1.29 is 13.6 Å². The fraction of sp³-hybridized carbons (Fsp3) is 0.727. The van der Waals surface area contributed by atoms with Gasteiger partial charge in [0.25, 0.3) is 5.92 Å². The van der Waals surface area contributed by atoms with Crippen molar-refractivity contribution in [2.24, 2.45) is 11.3 Å². The van der Waals surface area contributed by atoms with E-state index in [2.05, 4.69) is 11.9 Å². The molecular weight excluding hydrogens is 200 g/mol. The van der Waals surface area contributed by atoms with Gasteiger partial charge in [-0.05, 0) is 18.9 Å². The molecule has 1 unspecified atom stereocenters. The molecule has 0 saturated heterocycles. The number of hydrogen-bond acceptors (Lipinski definition) is 1. The van der Waals surface area contributed by atoms with E-state index in [9.17, 15) is 13.6 Å². The van der Waals surface area contributed by atoms with Gasteiger partial charge in [0.05, 0.1) is 5.92 Å². The van der Waals surface area contributed by atoms with Crippen LogP contribution in [0.4, 0.5) is 8.78 Å².